The van der Waals surface area contributed by atoms with E-state index in [2.05, 4.69) is 30.5 Å². The molecule has 50 heavy (non-hydrogen) atoms. The van der Waals surface area contributed by atoms with Gasteiger partial charge in [0.2, 0.25) is 0 Å². The van der Waals surface area contributed by atoms with E-state index in [1.165, 1.54) is 12.4 Å². The molecule has 252 valence electrons. The van der Waals surface area contributed by atoms with Crippen LogP contribution in [0.4, 0.5) is 20.3 Å². The molecule has 11 nitrogen and oxygen atoms in total. The lowest BCUT2D eigenvalue weighted by atomic mass is 10.0. The standard InChI is InChI=1S/C37H31F2N7O4/c38-31-7-4-24(14-32(31)39)21-46-22-40-20-30(37(46)49)35(47)41-9-1-2-23-3-6-28-29(36(48)44-33(28)15-23)17-27-16-26(19-42-27)25-5-8-34(43-18-25)45-10-12-50-13-11-45/h1-8,14-20,22,42H,9-13,21H2,(H,41,47)(H,44,48)/b2-1+,29-17+. The van der Waals surface area contributed by atoms with E-state index in [0.717, 1.165) is 69.8 Å². The molecule has 2 aliphatic heterocycles. The molecule has 0 unspecified atom stereocenters. The highest BCUT2D eigenvalue weighted by Gasteiger charge is 2.24. The number of hydrogen-bond acceptors (Lipinski definition) is 7. The van der Waals surface area contributed by atoms with Gasteiger partial charge in [0.1, 0.15) is 11.4 Å². The molecule has 2 amide bonds. The van der Waals surface area contributed by atoms with Gasteiger partial charge in [0.15, 0.2) is 11.6 Å². The summed E-state index contributed by atoms with van der Waals surface area (Å²) in [6, 6.07) is 14.9. The number of benzene rings is 2. The molecule has 2 aromatic carbocycles. The van der Waals surface area contributed by atoms with Gasteiger partial charge in [-0.15, -0.1) is 0 Å². The number of nitrogens with one attached hydrogen (secondary N) is 3. The third-order valence-electron chi connectivity index (χ3n) is 8.42. The summed E-state index contributed by atoms with van der Waals surface area (Å²) >= 11 is 0. The van der Waals surface area contributed by atoms with Crippen LogP contribution < -0.4 is 21.1 Å². The Kier molecular flexibility index (Phi) is 9.12. The predicted octanol–water partition coefficient (Wildman–Crippen LogP) is 4.73. The van der Waals surface area contributed by atoms with Crippen LogP contribution >= 0.6 is 0 Å². The number of H-pyrrole nitrogens is 1. The van der Waals surface area contributed by atoms with Crippen molar-refractivity contribution in [1.29, 1.82) is 0 Å². The minimum atomic E-state index is -1.03. The van der Waals surface area contributed by atoms with Crippen LogP contribution in [-0.4, -0.2) is 64.2 Å². The van der Waals surface area contributed by atoms with Crippen LogP contribution in [0.5, 0.6) is 0 Å². The van der Waals surface area contributed by atoms with Gasteiger partial charge in [-0.25, -0.2) is 18.7 Å². The second-order valence-corrected chi connectivity index (χ2v) is 11.8. The summed E-state index contributed by atoms with van der Waals surface area (Å²) in [4.78, 5) is 52.5. The summed E-state index contributed by atoms with van der Waals surface area (Å²) in [6.07, 6.45) is 11.4. The van der Waals surface area contributed by atoms with Gasteiger partial charge in [0.05, 0.1) is 31.7 Å². The first-order chi connectivity index (χ1) is 24.3. The quantitative estimate of drug-likeness (QED) is 0.192. The van der Waals surface area contributed by atoms with E-state index in [1.54, 1.807) is 12.2 Å². The summed E-state index contributed by atoms with van der Waals surface area (Å²) in [5, 5.41) is 5.58. The molecule has 7 rings (SSSR count). The molecule has 0 bridgehead atoms. The zero-order chi connectivity index (χ0) is 34.6. The number of anilines is 2. The molecule has 13 heteroatoms. The van der Waals surface area contributed by atoms with Gasteiger partial charge < -0.3 is 25.3 Å². The van der Waals surface area contributed by atoms with Crippen LogP contribution in [-0.2, 0) is 16.1 Å². The highest BCUT2D eigenvalue weighted by atomic mass is 19.2. The van der Waals surface area contributed by atoms with E-state index in [4.69, 9.17) is 4.74 Å². The summed E-state index contributed by atoms with van der Waals surface area (Å²) in [5.41, 5.74) is 5.01. The minimum Gasteiger partial charge on any atom is -0.378 e. The van der Waals surface area contributed by atoms with E-state index in [1.807, 2.05) is 54.9 Å². The molecule has 0 radical (unpaired) electrons. The Bertz CT molecular complexity index is 2200. The van der Waals surface area contributed by atoms with E-state index in [9.17, 15) is 23.2 Å². The van der Waals surface area contributed by atoms with Crippen molar-refractivity contribution < 1.29 is 23.1 Å². The maximum Gasteiger partial charge on any atom is 0.266 e. The molecule has 5 heterocycles. The maximum atomic E-state index is 13.6. The van der Waals surface area contributed by atoms with E-state index >= 15 is 0 Å². The van der Waals surface area contributed by atoms with Crippen molar-refractivity contribution in [2.24, 2.45) is 0 Å². The second kappa shape index (κ2) is 14.1. The molecule has 3 N–H and O–H groups in total. The number of halogens is 2. The Balaban J connectivity index is 0.971. The van der Waals surface area contributed by atoms with Crippen LogP contribution in [0, 0.1) is 11.6 Å². The van der Waals surface area contributed by atoms with Crippen LogP contribution in [0.1, 0.15) is 32.7 Å². The number of rotatable bonds is 9. The molecule has 5 aromatic rings. The van der Waals surface area contributed by atoms with Crippen LogP contribution in [0.2, 0.25) is 0 Å². The van der Waals surface area contributed by atoms with Crippen LogP contribution in [0.25, 0.3) is 28.9 Å². The Morgan fingerprint density at radius 2 is 1.84 bits per heavy atom. The fraction of sp³-hybridized carbons (Fsp3) is 0.162. The molecule has 3 aromatic heterocycles. The Labute approximate surface area is 285 Å². The number of pyridine rings is 1. The number of nitrogens with zero attached hydrogens (tertiary/aromatic N) is 4. The third-order valence-corrected chi connectivity index (χ3v) is 8.42. The molecule has 0 aliphatic carbocycles. The summed E-state index contributed by atoms with van der Waals surface area (Å²) in [5.74, 6) is -1.94. The highest BCUT2D eigenvalue weighted by molar-refractivity contribution is 6.35. The highest BCUT2D eigenvalue weighted by Crippen LogP contribution is 2.34. The summed E-state index contributed by atoms with van der Waals surface area (Å²) < 4.78 is 33.4. The van der Waals surface area contributed by atoms with Crippen molar-refractivity contribution in [2.45, 2.75) is 6.54 Å². The zero-order valence-electron chi connectivity index (χ0n) is 26.7. The molecule has 0 atom stereocenters. The maximum absolute atomic E-state index is 13.6. The molecular weight excluding hydrogens is 644 g/mol. The average Bonchev–Trinajstić information content (AvgIpc) is 3.73. The minimum absolute atomic E-state index is 0.0793. The molecule has 0 spiro atoms. The van der Waals surface area contributed by atoms with Gasteiger partial charge in [-0.2, -0.15) is 0 Å². The molecule has 0 saturated carbocycles. The topological polar surface area (TPSA) is 134 Å². The Hall–Kier alpha value is -6.21. The second-order valence-electron chi connectivity index (χ2n) is 11.8. The molecular formula is C37H31F2N7O4. The van der Waals surface area contributed by atoms with Crippen molar-refractivity contribution in [2.75, 3.05) is 43.1 Å². The number of ether oxygens (including phenoxy) is 1. The number of aromatic nitrogens is 4. The number of morpholine rings is 1. The van der Waals surface area contributed by atoms with Crippen molar-refractivity contribution in [1.82, 2.24) is 24.8 Å². The van der Waals surface area contributed by atoms with E-state index < -0.39 is 23.1 Å². The van der Waals surface area contributed by atoms with Crippen molar-refractivity contribution in [3.8, 4) is 11.1 Å². The van der Waals surface area contributed by atoms with Crippen LogP contribution in [0.3, 0.4) is 0 Å². The fourth-order valence-electron chi connectivity index (χ4n) is 5.81. The first-order valence-corrected chi connectivity index (χ1v) is 15.9. The van der Waals surface area contributed by atoms with Gasteiger partial charge in [0, 0.05) is 66.3 Å². The Morgan fingerprint density at radius 3 is 2.64 bits per heavy atom. The van der Waals surface area contributed by atoms with E-state index in [-0.39, 0.29) is 24.6 Å². The summed E-state index contributed by atoms with van der Waals surface area (Å²) in [7, 11) is 0. The van der Waals surface area contributed by atoms with Gasteiger partial charge in [0.25, 0.3) is 17.4 Å². The predicted molar refractivity (Wildman–Crippen MR) is 185 cm³/mol. The van der Waals surface area contributed by atoms with Crippen molar-refractivity contribution in [3.63, 3.8) is 0 Å². The van der Waals surface area contributed by atoms with Crippen molar-refractivity contribution in [3.05, 3.63) is 136 Å². The fourth-order valence-corrected chi connectivity index (χ4v) is 5.81. The lowest BCUT2D eigenvalue weighted by Crippen LogP contribution is -2.36. The van der Waals surface area contributed by atoms with Gasteiger partial charge in [-0.3, -0.25) is 19.0 Å². The Morgan fingerprint density at radius 1 is 0.980 bits per heavy atom. The largest absolute Gasteiger partial charge is 0.378 e. The van der Waals surface area contributed by atoms with Crippen molar-refractivity contribution >= 4 is 41.0 Å². The average molecular weight is 676 g/mol. The zero-order valence-corrected chi connectivity index (χ0v) is 26.7. The van der Waals surface area contributed by atoms with Gasteiger partial charge in [-0.1, -0.05) is 30.4 Å². The van der Waals surface area contributed by atoms with Gasteiger partial charge in [-0.05, 0) is 53.6 Å². The third kappa shape index (κ3) is 6.98. The number of aromatic amines is 1. The SMILES string of the molecule is O=C1Nc2cc(/C=C/CNC(=O)c3cncn(Cc4ccc(F)c(F)c4)c3=O)ccc2/C1=C\c1cc(-c2ccc(N3CCOCC3)nc2)c[nH]1. The number of carbonyl (C=O) groups excluding carboxylic acids is 2. The number of amides is 2. The lowest BCUT2D eigenvalue weighted by Gasteiger charge is -2.27. The number of fused-ring (bicyclic) bond motifs is 1. The normalized spacial score (nSPS) is 15.0. The van der Waals surface area contributed by atoms with Gasteiger partial charge >= 0.3 is 0 Å². The first-order valence-electron chi connectivity index (χ1n) is 15.9. The van der Waals surface area contributed by atoms with E-state index in [0.29, 0.717) is 30.0 Å². The first kappa shape index (κ1) is 32.3. The monoisotopic (exact) mass is 675 g/mol. The molecule has 1 saturated heterocycles. The smallest absolute Gasteiger partial charge is 0.266 e. The van der Waals surface area contributed by atoms with Crippen LogP contribution in [0.15, 0.2) is 90.4 Å². The molecule has 2 aliphatic rings. The number of carbonyl (C=O) groups is 2. The molecule has 1 fully saturated rings. The lowest BCUT2D eigenvalue weighted by molar-refractivity contribution is -0.110. The summed E-state index contributed by atoms with van der Waals surface area (Å²) in [6.45, 7) is 3.07. The number of hydrogen-bond donors (Lipinski definition) is 3.